The average molecular weight is 391 g/mol. The fourth-order valence-electron chi connectivity index (χ4n) is 3.48. The highest BCUT2D eigenvalue weighted by molar-refractivity contribution is 7.99. The molecule has 0 atom stereocenters. The largest absolute Gasteiger partial charge is 0.300 e. The highest BCUT2D eigenvalue weighted by Crippen LogP contribution is 2.21. The first-order valence-corrected chi connectivity index (χ1v) is 10.9. The monoisotopic (exact) mass is 390 g/mol. The summed E-state index contributed by atoms with van der Waals surface area (Å²) in [6.45, 7) is 4.04. The topological polar surface area (TPSA) is 34.0 Å². The minimum Gasteiger partial charge on any atom is -0.300 e. The molecule has 1 aliphatic heterocycles. The molecule has 0 bridgehead atoms. The molecule has 1 aliphatic rings. The van der Waals surface area contributed by atoms with Crippen LogP contribution in [0.1, 0.15) is 29.8 Å². The molecule has 0 unspecified atom stereocenters. The smallest absolute Gasteiger partial charge is 0.191 e. The summed E-state index contributed by atoms with van der Waals surface area (Å²) >= 11 is 1.75. The van der Waals surface area contributed by atoms with E-state index in [-0.39, 0.29) is 0 Å². The highest BCUT2D eigenvalue weighted by atomic mass is 32.2. The first-order valence-electron chi connectivity index (χ1n) is 9.91. The van der Waals surface area contributed by atoms with Gasteiger partial charge >= 0.3 is 0 Å². The molecule has 1 aromatic heterocycles. The Hall–Kier alpha value is -2.37. The van der Waals surface area contributed by atoms with Gasteiger partial charge < -0.3 is 4.57 Å². The Bertz CT molecular complexity index is 883. The Morgan fingerprint density at radius 2 is 1.57 bits per heavy atom. The van der Waals surface area contributed by atoms with E-state index in [9.17, 15) is 0 Å². The molecule has 144 valence electrons. The third-order valence-corrected chi connectivity index (χ3v) is 5.88. The molecule has 3 aromatic rings. The molecule has 0 saturated carbocycles. The molecule has 2 heterocycles. The van der Waals surface area contributed by atoms with Gasteiger partial charge in [-0.05, 0) is 37.1 Å². The van der Waals surface area contributed by atoms with E-state index in [1.807, 2.05) is 6.07 Å². The van der Waals surface area contributed by atoms with Crippen molar-refractivity contribution < 1.29 is 0 Å². The lowest BCUT2D eigenvalue weighted by Gasteiger charge is -2.16. The van der Waals surface area contributed by atoms with Crippen molar-refractivity contribution >= 4 is 17.8 Å². The molecule has 0 spiro atoms. The maximum atomic E-state index is 4.54. The molecule has 2 aromatic carbocycles. The van der Waals surface area contributed by atoms with Gasteiger partial charge in [-0.2, -0.15) is 0 Å². The molecule has 28 heavy (non-hydrogen) atoms. The van der Waals surface area contributed by atoms with Gasteiger partial charge in [0.2, 0.25) is 0 Å². The van der Waals surface area contributed by atoms with Crippen LogP contribution in [0.4, 0.5) is 0 Å². The second-order valence-corrected chi connectivity index (χ2v) is 8.07. The number of likely N-dealkylation sites (tertiary alicyclic amines) is 1. The predicted molar refractivity (Wildman–Crippen MR) is 116 cm³/mol. The molecule has 0 radical (unpaired) electrons. The summed E-state index contributed by atoms with van der Waals surface area (Å²) in [5.41, 5.74) is 2.51. The maximum Gasteiger partial charge on any atom is 0.191 e. The minimum atomic E-state index is 0.821. The lowest BCUT2D eigenvalue weighted by molar-refractivity contribution is 0.316. The summed E-state index contributed by atoms with van der Waals surface area (Å²) in [7, 11) is 0. The first-order chi connectivity index (χ1) is 13.9. The second-order valence-electron chi connectivity index (χ2n) is 7.08. The third-order valence-electron chi connectivity index (χ3n) is 4.96. The lowest BCUT2D eigenvalue weighted by Crippen LogP contribution is -2.21. The minimum absolute atomic E-state index is 0.821. The summed E-state index contributed by atoms with van der Waals surface area (Å²) in [4.78, 5) is 2.48. The first kappa shape index (κ1) is 19.0. The molecular weight excluding hydrogens is 364 g/mol. The van der Waals surface area contributed by atoms with E-state index in [0.717, 1.165) is 29.8 Å². The fraction of sp³-hybridized carbons (Fsp3) is 0.304. The van der Waals surface area contributed by atoms with E-state index in [4.69, 9.17) is 0 Å². The zero-order chi connectivity index (χ0) is 19.0. The normalized spacial score (nSPS) is 14.9. The molecule has 5 heteroatoms. The van der Waals surface area contributed by atoms with E-state index < -0.39 is 0 Å². The van der Waals surface area contributed by atoms with Crippen LogP contribution in [0.15, 0.2) is 71.9 Å². The number of rotatable bonds is 8. The van der Waals surface area contributed by atoms with Crippen LogP contribution in [0.2, 0.25) is 0 Å². The van der Waals surface area contributed by atoms with Gasteiger partial charge in [0.15, 0.2) is 5.16 Å². The molecule has 1 saturated heterocycles. The van der Waals surface area contributed by atoms with Crippen LogP contribution in [0.5, 0.6) is 0 Å². The summed E-state index contributed by atoms with van der Waals surface area (Å²) in [5.74, 6) is 1.95. The summed E-state index contributed by atoms with van der Waals surface area (Å²) in [6.07, 6.45) is 6.94. The number of benzene rings is 2. The highest BCUT2D eigenvalue weighted by Gasteiger charge is 2.18. The van der Waals surface area contributed by atoms with E-state index in [1.165, 1.54) is 37.1 Å². The Kier molecular flexibility index (Phi) is 6.58. The van der Waals surface area contributed by atoms with Gasteiger partial charge in [-0.15, -0.1) is 10.2 Å². The summed E-state index contributed by atoms with van der Waals surface area (Å²) in [6, 6.07) is 21.0. The predicted octanol–water partition coefficient (Wildman–Crippen LogP) is 4.73. The quantitative estimate of drug-likeness (QED) is 0.521. The summed E-state index contributed by atoms with van der Waals surface area (Å²) in [5, 5.41) is 10.0. The maximum absolute atomic E-state index is 4.54. The molecule has 0 aliphatic carbocycles. The van der Waals surface area contributed by atoms with Gasteiger partial charge in [0.25, 0.3) is 0 Å². The number of hydrogen-bond acceptors (Lipinski definition) is 4. The number of thioether (sulfide) groups is 1. The van der Waals surface area contributed by atoms with Crippen molar-refractivity contribution in [1.29, 1.82) is 0 Å². The Morgan fingerprint density at radius 1 is 0.857 bits per heavy atom. The van der Waals surface area contributed by atoms with Crippen LogP contribution >= 0.6 is 11.8 Å². The van der Waals surface area contributed by atoms with Gasteiger partial charge in [0.05, 0.1) is 13.1 Å². The van der Waals surface area contributed by atoms with Crippen LogP contribution in [0.25, 0.3) is 6.08 Å². The van der Waals surface area contributed by atoms with Crippen LogP contribution in [-0.2, 0) is 13.1 Å². The molecule has 1 fully saturated rings. The van der Waals surface area contributed by atoms with Crippen molar-refractivity contribution in [2.24, 2.45) is 0 Å². The molecular formula is C23H26N4S. The second kappa shape index (κ2) is 9.71. The van der Waals surface area contributed by atoms with E-state index >= 15 is 0 Å². The van der Waals surface area contributed by atoms with Crippen LogP contribution in [0, 0.1) is 0 Å². The van der Waals surface area contributed by atoms with Crippen LogP contribution in [-0.4, -0.2) is 38.5 Å². The zero-order valence-corrected chi connectivity index (χ0v) is 16.9. The van der Waals surface area contributed by atoms with Crippen molar-refractivity contribution in [3.8, 4) is 0 Å². The van der Waals surface area contributed by atoms with Gasteiger partial charge in [-0.3, -0.25) is 4.90 Å². The van der Waals surface area contributed by atoms with E-state index in [2.05, 4.69) is 86.4 Å². The Balaban J connectivity index is 1.47. The van der Waals surface area contributed by atoms with Gasteiger partial charge in [-0.1, -0.05) is 84.6 Å². The van der Waals surface area contributed by atoms with Crippen LogP contribution < -0.4 is 0 Å². The van der Waals surface area contributed by atoms with Crippen molar-refractivity contribution in [3.05, 3.63) is 83.7 Å². The molecule has 4 nitrogen and oxygen atoms in total. The average Bonchev–Trinajstić information content (AvgIpc) is 3.38. The van der Waals surface area contributed by atoms with E-state index in [0.29, 0.717) is 0 Å². The fourth-order valence-corrected chi connectivity index (χ4v) is 4.25. The Morgan fingerprint density at radius 3 is 2.32 bits per heavy atom. The molecule has 0 N–H and O–H groups in total. The lowest BCUT2D eigenvalue weighted by atomic mass is 10.2. The van der Waals surface area contributed by atoms with Crippen molar-refractivity contribution in [1.82, 2.24) is 19.7 Å². The van der Waals surface area contributed by atoms with Gasteiger partial charge in [0, 0.05) is 5.75 Å². The van der Waals surface area contributed by atoms with Gasteiger partial charge in [-0.25, -0.2) is 0 Å². The van der Waals surface area contributed by atoms with Crippen molar-refractivity contribution in [2.75, 3.05) is 18.8 Å². The van der Waals surface area contributed by atoms with Gasteiger partial charge in [0.1, 0.15) is 5.82 Å². The number of aromatic nitrogens is 3. The van der Waals surface area contributed by atoms with Crippen molar-refractivity contribution in [2.45, 2.75) is 31.1 Å². The molecule has 4 rings (SSSR count). The van der Waals surface area contributed by atoms with Crippen molar-refractivity contribution in [3.63, 3.8) is 0 Å². The summed E-state index contributed by atoms with van der Waals surface area (Å²) < 4.78 is 2.29. The third kappa shape index (κ3) is 5.12. The number of nitrogens with zero attached hydrogens (tertiary/aromatic N) is 4. The number of hydrogen-bond donors (Lipinski definition) is 0. The SMILES string of the molecule is C(=Cc1ccccc1)CSc1nnc(CN2CCCC2)n1Cc1ccccc1. The van der Waals surface area contributed by atoms with E-state index in [1.54, 1.807) is 11.8 Å². The zero-order valence-electron chi connectivity index (χ0n) is 16.1. The molecule has 0 amide bonds. The van der Waals surface area contributed by atoms with Crippen LogP contribution in [0.3, 0.4) is 0 Å². The standard InChI is InChI=1S/C23H26N4S/c1-3-10-20(11-4-1)14-9-17-28-23-25-24-22(19-26-15-7-8-16-26)27(23)18-21-12-5-2-6-13-21/h1-6,9-14H,7-8,15-19H2. The Labute approximate surface area is 171 Å².